The van der Waals surface area contributed by atoms with Crippen LogP contribution in [0.25, 0.3) is 0 Å². The van der Waals surface area contributed by atoms with Crippen molar-refractivity contribution >= 4 is 63.2 Å². The molecule has 35 heavy (non-hydrogen) atoms. The average molecular weight is 511 g/mol. The maximum absolute atomic E-state index is 12.5. The van der Waals surface area contributed by atoms with E-state index in [1.54, 1.807) is 55.6 Å². The number of ether oxygens (including phenoxy) is 1. The number of imide groups is 1. The lowest BCUT2D eigenvalue weighted by molar-refractivity contribution is -0.121. The summed E-state index contributed by atoms with van der Waals surface area (Å²) >= 11 is 2.71. The van der Waals surface area contributed by atoms with Crippen LogP contribution in [-0.4, -0.2) is 41.5 Å². The molecule has 2 N–H and O–H groups in total. The van der Waals surface area contributed by atoms with Gasteiger partial charge in [0, 0.05) is 35.2 Å². The fourth-order valence-electron chi connectivity index (χ4n) is 3.35. The van der Waals surface area contributed by atoms with Crippen LogP contribution >= 0.6 is 23.1 Å². The van der Waals surface area contributed by atoms with Gasteiger partial charge in [-0.3, -0.25) is 29.4 Å². The van der Waals surface area contributed by atoms with Gasteiger partial charge in [-0.05, 0) is 48.5 Å². The Kier molecular flexibility index (Phi) is 7.78. The molecule has 1 saturated heterocycles. The first-order chi connectivity index (χ1) is 16.9. The fourth-order valence-corrected chi connectivity index (χ4v) is 4.87. The van der Waals surface area contributed by atoms with Crippen molar-refractivity contribution < 1.29 is 23.9 Å². The van der Waals surface area contributed by atoms with Gasteiger partial charge in [0.25, 0.3) is 5.91 Å². The minimum atomic E-state index is -0.344. The van der Waals surface area contributed by atoms with Crippen LogP contribution in [0.4, 0.5) is 16.5 Å². The molecular weight excluding hydrogens is 488 g/mol. The van der Waals surface area contributed by atoms with E-state index in [-0.39, 0.29) is 42.2 Å². The molecule has 0 radical (unpaired) electrons. The minimum Gasteiger partial charge on any atom is -0.497 e. The van der Waals surface area contributed by atoms with Crippen molar-refractivity contribution in [2.45, 2.75) is 18.6 Å². The standard InChI is InChI=1S/C24H22N4O5S2/c1-33-19-8-4-16(5-9-19)25-20(29)14-34-12-17-13-35-24(26-17)27-23(32)15-2-6-18(7-3-15)28-21(30)10-11-22(28)31/h2-9,13H,10-12,14H2,1H3,(H,25,29)(H,26,27,32). The molecule has 3 aromatic rings. The molecule has 0 bridgehead atoms. The van der Waals surface area contributed by atoms with Gasteiger partial charge in [0.2, 0.25) is 17.7 Å². The number of thiazole rings is 1. The van der Waals surface area contributed by atoms with Gasteiger partial charge in [-0.1, -0.05) is 0 Å². The summed E-state index contributed by atoms with van der Waals surface area (Å²) in [6.07, 6.45) is 0.415. The Morgan fingerprint density at radius 3 is 2.37 bits per heavy atom. The first kappa shape index (κ1) is 24.4. The van der Waals surface area contributed by atoms with Crippen molar-refractivity contribution in [2.75, 3.05) is 28.4 Å². The van der Waals surface area contributed by atoms with Crippen molar-refractivity contribution in [1.82, 2.24) is 4.98 Å². The zero-order valence-corrected chi connectivity index (χ0v) is 20.4. The van der Waals surface area contributed by atoms with Crippen LogP contribution in [0.1, 0.15) is 28.9 Å². The highest BCUT2D eigenvalue weighted by Gasteiger charge is 2.30. The summed E-state index contributed by atoms with van der Waals surface area (Å²) in [6.45, 7) is 0. The van der Waals surface area contributed by atoms with E-state index >= 15 is 0 Å². The van der Waals surface area contributed by atoms with E-state index in [0.717, 1.165) is 16.3 Å². The third kappa shape index (κ3) is 6.25. The molecule has 1 aliphatic rings. The van der Waals surface area contributed by atoms with Crippen molar-refractivity contribution in [3.8, 4) is 5.75 Å². The van der Waals surface area contributed by atoms with Crippen LogP contribution in [0.3, 0.4) is 0 Å². The van der Waals surface area contributed by atoms with Crippen molar-refractivity contribution in [3.63, 3.8) is 0 Å². The van der Waals surface area contributed by atoms with Gasteiger partial charge in [-0.25, -0.2) is 4.98 Å². The van der Waals surface area contributed by atoms with Crippen LogP contribution < -0.4 is 20.3 Å². The second kappa shape index (κ2) is 11.2. The van der Waals surface area contributed by atoms with E-state index in [9.17, 15) is 19.2 Å². The quantitative estimate of drug-likeness (QED) is 0.419. The predicted molar refractivity (Wildman–Crippen MR) is 136 cm³/mol. The molecule has 9 nitrogen and oxygen atoms in total. The Morgan fingerprint density at radius 1 is 1.03 bits per heavy atom. The minimum absolute atomic E-state index is 0.121. The number of carbonyl (C=O) groups excluding carboxylic acids is 4. The molecule has 1 aromatic heterocycles. The van der Waals surface area contributed by atoms with Crippen LogP contribution in [0, 0.1) is 0 Å². The largest absolute Gasteiger partial charge is 0.497 e. The third-order valence-corrected chi connectivity index (χ3v) is 6.84. The number of thioether (sulfide) groups is 1. The number of nitrogens with one attached hydrogen (secondary N) is 2. The number of aromatic nitrogens is 1. The van der Waals surface area contributed by atoms with Gasteiger partial charge >= 0.3 is 0 Å². The summed E-state index contributed by atoms with van der Waals surface area (Å²) in [5, 5.41) is 7.85. The average Bonchev–Trinajstić information content (AvgIpc) is 3.44. The summed E-state index contributed by atoms with van der Waals surface area (Å²) in [5.74, 6) is 0.565. The number of hydrogen-bond donors (Lipinski definition) is 2. The number of amides is 4. The lowest BCUT2D eigenvalue weighted by atomic mass is 10.2. The Morgan fingerprint density at radius 2 is 1.71 bits per heavy atom. The van der Waals surface area contributed by atoms with Crippen molar-refractivity contribution in [2.24, 2.45) is 0 Å². The second-order valence-corrected chi connectivity index (χ2v) is 9.38. The zero-order chi connectivity index (χ0) is 24.8. The number of benzene rings is 2. The topological polar surface area (TPSA) is 118 Å². The summed E-state index contributed by atoms with van der Waals surface area (Å²) in [6, 6.07) is 13.4. The van der Waals surface area contributed by atoms with Gasteiger partial charge in [-0.2, -0.15) is 0 Å². The molecule has 0 atom stereocenters. The number of methoxy groups -OCH3 is 1. The Balaban J connectivity index is 1.24. The fraction of sp³-hybridized carbons (Fsp3) is 0.208. The molecule has 4 amide bonds. The molecule has 11 heteroatoms. The summed E-state index contributed by atoms with van der Waals surface area (Å²) in [7, 11) is 1.58. The van der Waals surface area contributed by atoms with E-state index in [1.165, 1.54) is 23.1 Å². The predicted octanol–water partition coefficient (Wildman–Crippen LogP) is 3.93. The molecule has 2 aromatic carbocycles. The van der Waals surface area contributed by atoms with E-state index in [4.69, 9.17) is 4.74 Å². The molecule has 0 saturated carbocycles. The van der Waals surface area contributed by atoms with Crippen LogP contribution in [0.5, 0.6) is 5.75 Å². The van der Waals surface area contributed by atoms with Crippen molar-refractivity contribution in [1.29, 1.82) is 0 Å². The monoisotopic (exact) mass is 510 g/mol. The van der Waals surface area contributed by atoms with E-state index in [1.807, 2.05) is 5.38 Å². The van der Waals surface area contributed by atoms with Gasteiger partial charge in [-0.15, -0.1) is 23.1 Å². The van der Waals surface area contributed by atoms with Crippen molar-refractivity contribution in [3.05, 3.63) is 65.2 Å². The second-order valence-electron chi connectivity index (χ2n) is 7.54. The maximum atomic E-state index is 12.5. The van der Waals surface area contributed by atoms with E-state index in [0.29, 0.717) is 27.8 Å². The van der Waals surface area contributed by atoms with Gasteiger partial charge in [0.05, 0.1) is 24.2 Å². The summed E-state index contributed by atoms with van der Waals surface area (Å²) in [4.78, 5) is 53.9. The van der Waals surface area contributed by atoms with Crippen LogP contribution in [-0.2, 0) is 20.1 Å². The van der Waals surface area contributed by atoms with Gasteiger partial charge in [0.15, 0.2) is 5.13 Å². The molecule has 180 valence electrons. The maximum Gasteiger partial charge on any atom is 0.257 e. The van der Waals surface area contributed by atoms with Gasteiger partial charge in [0.1, 0.15) is 5.75 Å². The lowest BCUT2D eigenvalue weighted by Crippen LogP contribution is -2.28. The molecule has 1 fully saturated rings. The van der Waals surface area contributed by atoms with Crippen LogP contribution in [0.15, 0.2) is 53.9 Å². The number of rotatable bonds is 9. The first-order valence-electron chi connectivity index (χ1n) is 10.7. The highest BCUT2D eigenvalue weighted by Crippen LogP contribution is 2.24. The van der Waals surface area contributed by atoms with Gasteiger partial charge < -0.3 is 10.1 Å². The molecule has 0 aliphatic carbocycles. The smallest absolute Gasteiger partial charge is 0.257 e. The lowest BCUT2D eigenvalue weighted by Gasteiger charge is -2.13. The molecule has 0 spiro atoms. The highest BCUT2D eigenvalue weighted by atomic mass is 32.2. The highest BCUT2D eigenvalue weighted by molar-refractivity contribution is 7.99. The number of carbonyl (C=O) groups is 4. The molecule has 2 heterocycles. The number of hydrogen-bond acceptors (Lipinski definition) is 8. The summed E-state index contributed by atoms with van der Waals surface area (Å²) in [5.41, 5.74) is 2.29. The number of nitrogens with zero attached hydrogens (tertiary/aromatic N) is 2. The molecule has 1 aliphatic heterocycles. The molecular formula is C24H22N4O5S2. The normalized spacial score (nSPS) is 13.1. The zero-order valence-electron chi connectivity index (χ0n) is 18.8. The van der Waals surface area contributed by atoms with Crippen LogP contribution in [0.2, 0.25) is 0 Å². The Hall–Kier alpha value is -3.70. The first-order valence-corrected chi connectivity index (χ1v) is 12.7. The SMILES string of the molecule is COc1ccc(NC(=O)CSCc2csc(NC(=O)c3ccc(N4C(=O)CCC4=O)cc3)n2)cc1. The Bertz CT molecular complexity index is 1230. The third-order valence-electron chi connectivity index (χ3n) is 5.07. The Labute approximate surface area is 209 Å². The van der Waals surface area contributed by atoms with E-state index < -0.39 is 0 Å². The summed E-state index contributed by atoms with van der Waals surface area (Å²) < 4.78 is 5.10. The molecule has 0 unspecified atom stereocenters. The van der Waals surface area contributed by atoms with E-state index in [2.05, 4.69) is 15.6 Å². The number of anilines is 3. The molecule has 4 rings (SSSR count).